The number of fused-ring (bicyclic) bond motifs is 1. The average molecular weight is 409 g/mol. The summed E-state index contributed by atoms with van der Waals surface area (Å²) in [7, 11) is 3.30. The van der Waals surface area contributed by atoms with Crippen LogP contribution in [0.3, 0.4) is 0 Å². The minimum absolute atomic E-state index is 0.116. The number of aromatic nitrogens is 3. The van der Waals surface area contributed by atoms with Crippen LogP contribution in [-0.4, -0.2) is 27.5 Å². The lowest BCUT2D eigenvalue weighted by molar-refractivity contribution is 0.0958. The Bertz CT molecular complexity index is 1260. The molecule has 1 amide bonds. The smallest absolute Gasteiger partial charge is 0.269 e. The fourth-order valence-corrected chi connectivity index (χ4v) is 2.93. The number of rotatable bonds is 5. The van der Waals surface area contributed by atoms with Gasteiger partial charge in [0.2, 0.25) is 5.95 Å². The maximum absolute atomic E-state index is 14.0. The van der Waals surface area contributed by atoms with Crippen LogP contribution in [0.15, 0.2) is 54.7 Å². The fourth-order valence-electron chi connectivity index (χ4n) is 2.93. The molecule has 0 unspecified atom stereocenters. The van der Waals surface area contributed by atoms with Gasteiger partial charge < -0.3 is 19.9 Å². The van der Waals surface area contributed by atoms with Crippen LogP contribution in [0.2, 0.25) is 0 Å². The predicted molar refractivity (Wildman–Crippen MR) is 108 cm³/mol. The van der Waals surface area contributed by atoms with Crippen molar-refractivity contribution < 1.29 is 18.3 Å². The number of nitrogens with zero attached hydrogens (tertiary/aromatic N) is 3. The Labute approximate surface area is 170 Å². The molecular formula is C21H17F2N5O2. The van der Waals surface area contributed by atoms with Gasteiger partial charge in [0.1, 0.15) is 28.8 Å². The molecule has 0 fully saturated rings. The summed E-state index contributed by atoms with van der Waals surface area (Å²) in [5.41, 5.74) is 1.75. The molecule has 152 valence electrons. The van der Waals surface area contributed by atoms with E-state index in [4.69, 9.17) is 4.74 Å². The number of hydrogen-bond acceptors (Lipinski definition) is 5. The number of halogens is 2. The van der Waals surface area contributed by atoms with Crippen LogP contribution in [-0.2, 0) is 7.05 Å². The van der Waals surface area contributed by atoms with Crippen molar-refractivity contribution in [3.05, 3.63) is 72.1 Å². The minimum atomic E-state index is -0.712. The van der Waals surface area contributed by atoms with Crippen LogP contribution in [0.1, 0.15) is 10.5 Å². The summed E-state index contributed by atoms with van der Waals surface area (Å²) >= 11 is 0. The monoisotopic (exact) mass is 409 g/mol. The van der Waals surface area contributed by atoms with Crippen LogP contribution in [0, 0.1) is 11.6 Å². The summed E-state index contributed by atoms with van der Waals surface area (Å²) < 4.78 is 34.6. The normalized spacial score (nSPS) is 10.8. The molecular weight excluding hydrogens is 392 g/mol. The molecule has 0 aliphatic carbocycles. The lowest BCUT2D eigenvalue weighted by Crippen LogP contribution is -2.18. The molecule has 2 aromatic carbocycles. The summed E-state index contributed by atoms with van der Waals surface area (Å²) in [6.07, 6.45) is 1.48. The highest BCUT2D eigenvalue weighted by atomic mass is 19.1. The fraction of sp³-hybridized carbons (Fsp3) is 0.0952. The van der Waals surface area contributed by atoms with Gasteiger partial charge in [-0.2, -0.15) is 0 Å². The topological polar surface area (TPSA) is 81.1 Å². The molecule has 0 aliphatic heterocycles. The molecule has 0 radical (unpaired) electrons. The first kappa shape index (κ1) is 19.3. The maximum Gasteiger partial charge on any atom is 0.269 e. The Morgan fingerprint density at radius 2 is 1.87 bits per heavy atom. The predicted octanol–water partition coefficient (Wildman–Crippen LogP) is 4.14. The van der Waals surface area contributed by atoms with E-state index in [1.165, 1.54) is 31.4 Å². The molecule has 4 aromatic rings. The van der Waals surface area contributed by atoms with E-state index >= 15 is 0 Å². The molecule has 2 aromatic heterocycles. The number of amides is 1. The van der Waals surface area contributed by atoms with Gasteiger partial charge in [-0.3, -0.25) is 9.78 Å². The van der Waals surface area contributed by atoms with E-state index in [-0.39, 0.29) is 17.3 Å². The average Bonchev–Trinajstić information content (AvgIpc) is 3.04. The van der Waals surface area contributed by atoms with Crippen molar-refractivity contribution in [2.45, 2.75) is 0 Å². The molecule has 2 N–H and O–H groups in total. The number of benzene rings is 2. The Hall–Kier alpha value is -4.01. The van der Waals surface area contributed by atoms with Gasteiger partial charge in [-0.05, 0) is 30.3 Å². The number of carbonyl (C=O) groups excluding carboxylic acids is 1. The Kier molecular flexibility index (Phi) is 5.01. The largest absolute Gasteiger partial charge is 0.457 e. The quantitative estimate of drug-likeness (QED) is 0.518. The third kappa shape index (κ3) is 3.77. The van der Waals surface area contributed by atoms with Crippen molar-refractivity contribution in [1.82, 2.24) is 19.9 Å². The highest BCUT2D eigenvalue weighted by molar-refractivity contribution is 5.92. The van der Waals surface area contributed by atoms with E-state index in [1.807, 2.05) is 6.07 Å². The Balaban J connectivity index is 1.61. The molecule has 7 nitrogen and oxygen atoms in total. The number of pyridine rings is 1. The van der Waals surface area contributed by atoms with Crippen molar-refractivity contribution in [3.63, 3.8) is 0 Å². The number of nitrogens with one attached hydrogen (secondary N) is 2. The number of anilines is 2. The lowest BCUT2D eigenvalue weighted by atomic mass is 10.3. The Morgan fingerprint density at radius 3 is 2.63 bits per heavy atom. The van der Waals surface area contributed by atoms with Gasteiger partial charge >= 0.3 is 0 Å². The van der Waals surface area contributed by atoms with E-state index in [0.717, 1.165) is 11.6 Å². The standard InChI is InChI=1S/C21H17F2N5O2/c1-24-20(29)18-11-14(7-8-25-18)30-13-4-6-19-17(10-13)27-21(28(19)2)26-16-5-3-12(22)9-15(16)23/h3-11H,1-2H3,(H,24,29)(H,26,27). The summed E-state index contributed by atoms with van der Waals surface area (Å²) in [5.74, 6) is -0.334. The first-order chi connectivity index (χ1) is 14.4. The number of ether oxygens (including phenoxy) is 1. The summed E-state index contributed by atoms with van der Waals surface area (Å²) in [5, 5.41) is 5.38. The van der Waals surface area contributed by atoms with Crippen LogP contribution < -0.4 is 15.4 Å². The van der Waals surface area contributed by atoms with Crippen LogP contribution >= 0.6 is 0 Å². The number of aryl methyl sites for hydroxylation is 1. The third-order valence-electron chi connectivity index (χ3n) is 4.46. The van der Waals surface area contributed by atoms with Crippen molar-refractivity contribution >= 4 is 28.6 Å². The van der Waals surface area contributed by atoms with Gasteiger partial charge in [-0.15, -0.1) is 0 Å². The molecule has 0 spiro atoms. The van der Waals surface area contributed by atoms with Crippen molar-refractivity contribution in [1.29, 1.82) is 0 Å². The molecule has 0 saturated heterocycles. The summed E-state index contributed by atoms with van der Waals surface area (Å²) in [6, 6.07) is 11.7. The minimum Gasteiger partial charge on any atom is -0.457 e. The third-order valence-corrected chi connectivity index (χ3v) is 4.46. The Morgan fingerprint density at radius 1 is 1.07 bits per heavy atom. The van der Waals surface area contributed by atoms with Crippen LogP contribution in [0.5, 0.6) is 11.5 Å². The van der Waals surface area contributed by atoms with E-state index in [9.17, 15) is 13.6 Å². The van der Waals surface area contributed by atoms with Gasteiger partial charge in [0.05, 0.1) is 16.7 Å². The molecule has 0 atom stereocenters. The zero-order valence-corrected chi connectivity index (χ0v) is 16.1. The molecule has 4 rings (SSSR count). The SMILES string of the molecule is CNC(=O)c1cc(Oc2ccc3c(c2)nc(Nc2ccc(F)cc2F)n3C)ccn1. The summed E-state index contributed by atoms with van der Waals surface area (Å²) in [6.45, 7) is 0. The number of carbonyl (C=O) groups is 1. The van der Waals surface area contributed by atoms with Gasteiger partial charge in [0, 0.05) is 38.5 Å². The summed E-state index contributed by atoms with van der Waals surface area (Å²) in [4.78, 5) is 20.2. The van der Waals surface area contributed by atoms with Gasteiger partial charge in [-0.25, -0.2) is 13.8 Å². The zero-order chi connectivity index (χ0) is 21.3. The number of hydrogen-bond donors (Lipinski definition) is 2. The van der Waals surface area contributed by atoms with Crippen LogP contribution in [0.4, 0.5) is 20.4 Å². The van der Waals surface area contributed by atoms with E-state index in [2.05, 4.69) is 20.6 Å². The lowest BCUT2D eigenvalue weighted by Gasteiger charge is -2.07. The highest BCUT2D eigenvalue weighted by Crippen LogP contribution is 2.28. The van der Waals surface area contributed by atoms with Crippen LogP contribution in [0.25, 0.3) is 11.0 Å². The van der Waals surface area contributed by atoms with Gasteiger partial charge in [-0.1, -0.05) is 0 Å². The maximum atomic E-state index is 14.0. The first-order valence-corrected chi connectivity index (χ1v) is 8.99. The molecule has 0 aliphatic rings. The number of imidazole rings is 1. The second kappa shape index (κ2) is 7.78. The molecule has 0 saturated carbocycles. The van der Waals surface area contributed by atoms with Crippen molar-refractivity contribution in [2.75, 3.05) is 12.4 Å². The molecule has 0 bridgehead atoms. The molecule has 2 heterocycles. The van der Waals surface area contributed by atoms with E-state index in [1.54, 1.807) is 29.8 Å². The van der Waals surface area contributed by atoms with Gasteiger partial charge in [0.25, 0.3) is 5.91 Å². The van der Waals surface area contributed by atoms with Crippen molar-refractivity contribution in [3.8, 4) is 11.5 Å². The van der Waals surface area contributed by atoms with Gasteiger partial charge in [0.15, 0.2) is 0 Å². The molecule has 30 heavy (non-hydrogen) atoms. The second-order valence-electron chi connectivity index (χ2n) is 6.45. The van der Waals surface area contributed by atoms with E-state index in [0.29, 0.717) is 23.0 Å². The molecule has 9 heteroatoms. The highest BCUT2D eigenvalue weighted by Gasteiger charge is 2.12. The first-order valence-electron chi connectivity index (χ1n) is 8.99. The zero-order valence-electron chi connectivity index (χ0n) is 16.1. The second-order valence-corrected chi connectivity index (χ2v) is 6.45. The van der Waals surface area contributed by atoms with Crippen molar-refractivity contribution in [2.24, 2.45) is 7.05 Å². The van der Waals surface area contributed by atoms with E-state index < -0.39 is 11.6 Å².